The number of ether oxygens (including phenoxy) is 2. The number of aromatic nitrogens is 1. The van der Waals surface area contributed by atoms with Crippen molar-refractivity contribution < 1.29 is 9.47 Å². The molecule has 0 radical (unpaired) electrons. The van der Waals surface area contributed by atoms with Crippen molar-refractivity contribution in [1.29, 1.82) is 5.26 Å². The first kappa shape index (κ1) is 17.4. The molecule has 26 heavy (non-hydrogen) atoms. The Morgan fingerprint density at radius 1 is 1.04 bits per heavy atom. The minimum Gasteiger partial charge on any atom is -0.493 e. The van der Waals surface area contributed by atoms with Crippen molar-refractivity contribution in [2.75, 3.05) is 19.5 Å². The lowest BCUT2D eigenvalue weighted by atomic mass is 10.1. The van der Waals surface area contributed by atoms with Crippen LogP contribution in [0.2, 0.25) is 0 Å². The van der Waals surface area contributed by atoms with Crippen molar-refractivity contribution in [3.8, 4) is 17.6 Å². The molecule has 0 amide bonds. The van der Waals surface area contributed by atoms with Crippen molar-refractivity contribution >= 4 is 5.69 Å². The summed E-state index contributed by atoms with van der Waals surface area (Å²) < 4.78 is 13.1. The first-order chi connectivity index (χ1) is 12.7. The van der Waals surface area contributed by atoms with Gasteiger partial charge in [0.1, 0.15) is 18.4 Å². The van der Waals surface area contributed by atoms with Crippen LogP contribution in [0.3, 0.4) is 0 Å². The lowest BCUT2D eigenvalue weighted by Gasteiger charge is -2.14. The Labute approximate surface area is 153 Å². The van der Waals surface area contributed by atoms with Crippen LogP contribution in [0.4, 0.5) is 5.69 Å². The molecule has 5 nitrogen and oxygen atoms in total. The van der Waals surface area contributed by atoms with Gasteiger partial charge in [-0.05, 0) is 23.8 Å². The number of nitrogens with zero attached hydrogens (tertiary/aromatic N) is 2. The highest BCUT2D eigenvalue weighted by atomic mass is 16.5. The molecule has 0 bridgehead atoms. The predicted octanol–water partition coefficient (Wildman–Crippen LogP) is 3.62. The average Bonchev–Trinajstić information content (AvgIpc) is 2.98. The van der Waals surface area contributed by atoms with Crippen LogP contribution in [0.25, 0.3) is 0 Å². The number of para-hydroxylation sites is 2. The average molecular weight is 347 g/mol. The maximum absolute atomic E-state index is 9.43. The molecule has 0 unspecified atom stereocenters. The quantitative estimate of drug-likeness (QED) is 0.708. The van der Waals surface area contributed by atoms with Crippen molar-refractivity contribution in [3.05, 3.63) is 77.6 Å². The number of nitriles is 1. The van der Waals surface area contributed by atoms with Crippen LogP contribution in [0.15, 0.2) is 60.7 Å². The molecule has 0 aliphatic rings. The molecule has 1 heterocycles. The highest BCUT2D eigenvalue weighted by molar-refractivity contribution is 5.52. The highest BCUT2D eigenvalue weighted by Gasteiger charge is 2.14. The number of anilines is 1. The van der Waals surface area contributed by atoms with Gasteiger partial charge in [0.15, 0.2) is 11.5 Å². The van der Waals surface area contributed by atoms with Gasteiger partial charge in [-0.15, -0.1) is 0 Å². The van der Waals surface area contributed by atoms with Gasteiger partial charge >= 0.3 is 0 Å². The normalized spacial score (nSPS) is 10.3. The molecular formula is C21H21N3O2. The Kier molecular flexibility index (Phi) is 5.45. The van der Waals surface area contributed by atoms with E-state index in [9.17, 15) is 5.26 Å². The van der Waals surface area contributed by atoms with Gasteiger partial charge in [0, 0.05) is 12.1 Å². The third kappa shape index (κ3) is 3.81. The van der Waals surface area contributed by atoms with Gasteiger partial charge < -0.3 is 19.8 Å². The Morgan fingerprint density at radius 2 is 1.73 bits per heavy atom. The zero-order valence-electron chi connectivity index (χ0n) is 14.7. The fourth-order valence-corrected chi connectivity index (χ4v) is 2.93. The molecule has 0 aliphatic heterocycles. The number of benzene rings is 2. The molecule has 0 aliphatic carbocycles. The topological polar surface area (TPSA) is 73.2 Å². The number of hydrogen-bond donors (Lipinski definition) is 1. The summed E-state index contributed by atoms with van der Waals surface area (Å²) in [7, 11) is 1.61. The summed E-state index contributed by atoms with van der Waals surface area (Å²) in [4.78, 5) is 0. The van der Waals surface area contributed by atoms with E-state index in [-0.39, 0.29) is 0 Å². The summed E-state index contributed by atoms with van der Waals surface area (Å²) in [6.45, 7) is 0.936. The number of rotatable bonds is 7. The molecule has 2 aromatic carbocycles. The standard InChI is InChI=1S/C21H21N3O2/c1-25-20-9-5-6-10-21(20)26-12-11-24-17(15-22)14-18(23)19(24)13-16-7-3-2-4-8-16/h2-10,14H,11-13,23H2,1H3. The maximum atomic E-state index is 9.43. The predicted molar refractivity (Wildman–Crippen MR) is 101 cm³/mol. The summed E-state index contributed by atoms with van der Waals surface area (Å²) in [6.07, 6.45) is 0.670. The Morgan fingerprint density at radius 3 is 2.42 bits per heavy atom. The van der Waals surface area contributed by atoms with Gasteiger partial charge in [-0.1, -0.05) is 42.5 Å². The number of nitrogen functional groups attached to an aromatic ring is 1. The van der Waals surface area contributed by atoms with E-state index in [1.165, 1.54) is 0 Å². The maximum Gasteiger partial charge on any atom is 0.161 e. The van der Waals surface area contributed by atoms with Crippen molar-refractivity contribution in [2.45, 2.75) is 13.0 Å². The third-order valence-corrected chi connectivity index (χ3v) is 4.21. The van der Waals surface area contributed by atoms with Crippen LogP contribution in [-0.2, 0) is 13.0 Å². The van der Waals surface area contributed by atoms with E-state index < -0.39 is 0 Å². The van der Waals surface area contributed by atoms with Gasteiger partial charge in [-0.3, -0.25) is 0 Å². The first-order valence-corrected chi connectivity index (χ1v) is 8.40. The van der Waals surface area contributed by atoms with E-state index in [4.69, 9.17) is 15.2 Å². The van der Waals surface area contributed by atoms with Crippen molar-refractivity contribution in [3.63, 3.8) is 0 Å². The Hall–Kier alpha value is -3.39. The molecule has 2 N–H and O–H groups in total. The van der Waals surface area contributed by atoms with E-state index in [2.05, 4.69) is 6.07 Å². The largest absolute Gasteiger partial charge is 0.493 e. The van der Waals surface area contributed by atoms with E-state index in [0.29, 0.717) is 42.5 Å². The minimum absolute atomic E-state index is 0.408. The lowest BCUT2D eigenvalue weighted by molar-refractivity contribution is 0.278. The number of hydrogen-bond acceptors (Lipinski definition) is 4. The second kappa shape index (κ2) is 8.13. The van der Waals surface area contributed by atoms with Crippen LogP contribution in [0.5, 0.6) is 11.5 Å². The molecule has 0 fully saturated rings. The molecule has 3 aromatic rings. The SMILES string of the molecule is COc1ccccc1OCCn1c(C#N)cc(N)c1Cc1ccccc1. The van der Waals surface area contributed by atoms with Crippen LogP contribution in [0, 0.1) is 11.3 Å². The molecule has 1 aromatic heterocycles. The zero-order chi connectivity index (χ0) is 18.4. The molecule has 132 valence electrons. The molecule has 0 saturated heterocycles. The van der Waals surface area contributed by atoms with Gasteiger partial charge in [0.05, 0.1) is 19.3 Å². The third-order valence-electron chi connectivity index (χ3n) is 4.21. The van der Waals surface area contributed by atoms with Crippen molar-refractivity contribution in [2.24, 2.45) is 0 Å². The molecule has 5 heteroatoms. The lowest BCUT2D eigenvalue weighted by Crippen LogP contribution is -2.13. The zero-order valence-corrected chi connectivity index (χ0v) is 14.7. The number of methoxy groups -OCH3 is 1. The van der Waals surface area contributed by atoms with Crippen molar-refractivity contribution in [1.82, 2.24) is 4.57 Å². The molecule has 0 spiro atoms. The van der Waals surface area contributed by atoms with E-state index in [0.717, 1.165) is 11.3 Å². The summed E-state index contributed by atoms with van der Waals surface area (Å²) in [5.41, 5.74) is 9.40. The van der Waals surface area contributed by atoms with Crippen LogP contribution in [-0.4, -0.2) is 18.3 Å². The molecule has 0 atom stereocenters. The second-order valence-corrected chi connectivity index (χ2v) is 5.86. The van der Waals surface area contributed by atoms with E-state index >= 15 is 0 Å². The summed E-state index contributed by atoms with van der Waals surface area (Å²) in [6, 6.07) is 21.5. The summed E-state index contributed by atoms with van der Waals surface area (Å²) in [5.74, 6) is 1.36. The van der Waals surface area contributed by atoms with Crippen LogP contribution in [0.1, 0.15) is 17.0 Å². The van der Waals surface area contributed by atoms with Crippen LogP contribution < -0.4 is 15.2 Å². The second-order valence-electron chi connectivity index (χ2n) is 5.86. The first-order valence-electron chi connectivity index (χ1n) is 8.40. The van der Waals surface area contributed by atoms with Gasteiger partial charge in [-0.2, -0.15) is 5.26 Å². The van der Waals surface area contributed by atoms with Crippen LogP contribution >= 0.6 is 0 Å². The minimum atomic E-state index is 0.408. The fraction of sp³-hybridized carbons (Fsp3) is 0.190. The monoisotopic (exact) mass is 347 g/mol. The Bertz CT molecular complexity index is 911. The smallest absolute Gasteiger partial charge is 0.161 e. The molecular weight excluding hydrogens is 326 g/mol. The van der Waals surface area contributed by atoms with E-state index in [1.807, 2.05) is 59.2 Å². The van der Waals surface area contributed by atoms with Gasteiger partial charge in [0.25, 0.3) is 0 Å². The van der Waals surface area contributed by atoms with Gasteiger partial charge in [0.2, 0.25) is 0 Å². The number of nitrogens with two attached hydrogens (primary N) is 1. The molecule has 3 rings (SSSR count). The fourth-order valence-electron chi connectivity index (χ4n) is 2.93. The molecule has 0 saturated carbocycles. The van der Waals surface area contributed by atoms with Gasteiger partial charge in [-0.25, -0.2) is 0 Å². The Balaban J connectivity index is 1.77. The van der Waals surface area contributed by atoms with E-state index in [1.54, 1.807) is 13.2 Å². The highest BCUT2D eigenvalue weighted by Crippen LogP contribution is 2.26. The summed E-state index contributed by atoms with van der Waals surface area (Å²) in [5, 5.41) is 9.43. The summed E-state index contributed by atoms with van der Waals surface area (Å²) >= 11 is 0.